The summed E-state index contributed by atoms with van der Waals surface area (Å²) in [5.41, 5.74) is 2.57. The standard InChI is InChI=1S/C17H27ClN2O/c1-4-8-19-11-14-5-6-15(18)10-16(14)20-9-7-13(2)17(12-20)21-3/h5-6,10,13,17,19H,4,7-9,11-12H2,1-3H3. The zero-order valence-electron chi connectivity index (χ0n) is 13.4. The van der Waals surface area contributed by atoms with Crippen molar-refractivity contribution in [2.24, 2.45) is 5.92 Å². The quantitative estimate of drug-likeness (QED) is 0.811. The van der Waals surface area contributed by atoms with Crippen LogP contribution in [-0.4, -0.2) is 32.8 Å². The van der Waals surface area contributed by atoms with Crippen molar-refractivity contribution in [3.63, 3.8) is 0 Å². The lowest BCUT2D eigenvalue weighted by molar-refractivity contribution is 0.0498. The zero-order chi connectivity index (χ0) is 15.2. The molecule has 2 atom stereocenters. The lowest BCUT2D eigenvalue weighted by Crippen LogP contribution is -2.44. The Balaban J connectivity index is 2.15. The van der Waals surface area contributed by atoms with E-state index in [1.54, 1.807) is 0 Å². The number of ether oxygens (including phenoxy) is 1. The summed E-state index contributed by atoms with van der Waals surface area (Å²) in [6.45, 7) is 8.41. The second-order valence-corrected chi connectivity index (χ2v) is 6.37. The van der Waals surface area contributed by atoms with Crippen LogP contribution in [0.2, 0.25) is 5.02 Å². The molecular weight excluding hydrogens is 284 g/mol. The SMILES string of the molecule is CCCNCc1ccc(Cl)cc1N1CCC(C)C(OC)C1. The molecule has 1 saturated heterocycles. The van der Waals surface area contributed by atoms with Gasteiger partial charge < -0.3 is 15.0 Å². The van der Waals surface area contributed by atoms with Crippen molar-refractivity contribution in [3.8, 4) is 0 Å². The van der Waals surface area contributed by atoms with Crippen LogP contribution in [0.3, 0.4) is 0 Å². The lowest BCUT2D eigenvalue weighted by Gasteiger charge is -2.38. The molecule has 1 aliphatic rings. The number of nitrogens with one attached hydrogen (secondary N) is 1. The van der Waals surface area contributed by atoms with Gasteiger partial charge in [-0.05, 0) is 43.0 Å². The maximum absolute atomic E-state index is 6.22. The maximum Gasteiger partial charge on any atom is 0.0772 e. The van der Waals surface area contributed by atoms with E-state index < -0.39 is 0 Å². The van der Waals surface area contributed by atoms with Crippen LogP contribution in [0.4, 0.5) is 5.69 Å². The Hall–Kier alpha value is -0.770. The Morgan fingerprint density at radius 1 is 1.43 bits per heavy atom. The fourth-order valence-electron chi connectivity index (χ4n) is 2.94. The molecule has 0 spiro atoms. The van der Waals surface area contributed by atoms with Gasteiger partial charge in [-0.25, -0.2) is 0 Å². The number of hydrogen-bond donors (Lipinski definition) is 1. The van der Waals surface area contributed by atoms with Crippen molar-refractivity contribution in [2.75, 3.05) is 31.6 Å². The van der Waals surface area contributed by atoms with E-state index in [2.05, 4.69) is 36.2 Å². The summed E-state index contributed by atoms with van der Waals surface area (Å²) in [6, 6.07) is 6.21. The second kappa shape index (κ2) is 8.02. The Morgan fingerprint density at radius 3 is 2.95 bits per heavy atom. The lowest BCUT2D eigenvalue weighted by atomic mass is 9.95. The minimum Gasteiger partial charge on any atom is -0.379 e. The zero-order valence-corrected chi connectivity index (χ0v) is 14.1. The molecular formula is C17H27ClN2O. The van der Waals surface area contributed by atoms with Crippen molar-refractivity contribution in [1.82, 2.24) is 5.32 Å². The van der Waals surface area contributed by atoms with Crippen LogP contribution in [0.15, 0.2) is 18.2 Å². The molecule has 0 aromatic heterocycles. The highest BCUT2D eigenvalue weighted by atomic mass is 35.5. The molecule has 0 amide bonds. The smallest absolute Gasteiger partial charge is 0.0772 e. The monoisotopic (exact) mass is 310 g/mol. The van der Waals surface area contributed by atoms with Gasteiger partial charge in [-0.3, -0.25) is 0 Å². The first-order chi connectivity index (χ1) is 10.2. The molecule has 2 unspecified atom stereocenters. The highest BCUT2D eigenvalue weighted by Crippen LogP contribution is 2.30. The highest BCUT2D eigenvalue weighted by molar-refractivity contribution is 6.30. The molecule has 1 aromatic carbocycles. The average Bonchev–Trinajstić information content (AvgIpc) is 2.49. The van der Waals surface area contributed by atoms with E-state index in [4.69, 9.17) is 16.3 Å². The van der Waals surface area contributed by atoms with E-state index in [-0.39, 0.29) is 0 Å². The minimum absolute atomic E-state index is 0.300. The number of benzene rings is 1. The van der Waals surface area contributed by atoms with Gasteiger partial charge in [-0.15, -0.1) is 0 Å². The molecule has 4 heteroatoms. The second-order valence-electron chi connectivity index (χ2n) is 5.94. The summed E-state index contributed by atoms with van der Waals surface area (Å²) in [4.78, 5) is 2.42. The van der Waals surface area contributed by atoms with Crippen LogP contribution in [-0.2, 0) is 11.3 Å². The molecule has 1 aliphatic heterocycles. The largest absolute Gasteiger partial charge is 0.379 e. The first kappa shape index (κ1) is 16.6. The summed E-state index contributed by atoms with van der Waals surface area (Å²) >= 11 is 6.22. The first-order valence-corrected chi connectivity index (χ1v) is 8.30. The van der Waals surface area contributed by atoms with Crippen molar-refractivity contribution in [1.29, 1.82) is 0 Å². The fraction of sp³-hybridized carbons (Fsp3) is 0.647. The van der Waals surface area contributed by atoms with Gasteiger partial charge in [0.05, 0.1) is 6.10 Å². The third-order valence-corrected chi connectivity index (χ3v) is 4.56. The van der Waals surface area contributed by atoms with Gasteiger partial charge in [-0.1, -0.05) is 31.5 Å². The number of anilines is 1. The summed E-state index contributed by atoms with van der Waals surface area (Å²) < 4.78 is 5.63. The topological polar surface area (TPSA) is 24.5 Å². The van der Waals surface area contributed by atoms with Crippen LogP contribution in [0, 0.1) is 5.92 Å². The number of rotatable bonds is 6. The van der Waals surface area contributed by atoms with E-state index >= 15 is 0 Å². The Morgan fingerprint density at radius 2 is 2.24 bits per heavy atom. The number of halogens is 1. The Bertz CT molecular complexity index is 452. The molecule has 0 aliphatic carbocycles. The van der Waals surface area contributed by atoms with Crippen LogP contribution < -0.4 is 10.2 Å². The highest BCUT2D eigenvalue weighted by Gasteiger charge is 2.27. The van der Waals surface area contributed by atoms with Crippen LogP contribution in [0.25, 0.3) is 0 Å². The van der Waals surface area contributed by atoms with Crippen LogP contribution >= 0.6 is 11.6 Å². The minimum atomic E-state index is 0.300. The average molecular weight is 311 g/mol. The first-order valence-electron chi connectivity index (χ1n) is 7.92. The number of piperidine rings is 1. The maximum atomic E-state index is 6.22. The van der Waals surface area contributed by atoms with E-state index in [1.807, 2.05) is 13.2 Å². The molecule has 1 aromatic rings. The molecule has 3 nitrogen and oxygen atoms in total. The van der Waals surface area contributed by atoms with E-state index in [0.29, 0.717) is 12.0 Å². The predicted molar refractivity (Wildman–Crippen MR) is 90.2 cm³/mol. The fourth-order valence-corrected chi connectivity index (χ4v) is 3.11. The third kappa shape index (κ3) is 4.35. The number of hydrogen-bond acceptors (Lipinski definition) is 3. The van der Waals surface area contributed by atoms with Crippen molar-refractivity contribution in [3.05, 3.63) is 28.8 Å². The summed E-state index contributed by atoms with van der Waals surface area (Å²) in [7, 11) is 1.81. The van der Waals surface area contributed by atoms with Crippen LogP contribution in [0.1, 0.15) is 32.3 Å². The van der Waals surface area contributed by atoms with Gasteiger partial charge in [0.2, 0.25) is 0 Å². The molecule has 1 heterocycles. The van der Waals surface area contributed by atoms with Crippen molar-refractivity contribution in [2.45, 2.75) is 39.3 Å². The molecule has 118 valence electrons. The van der Waals surface area contributed by atoms with Gasteiger partial charge >= 0.3 is 0 Å². The molecule has 0 bridgehead atoms. The summed E-state index contributed by atoms with van der Waals surface area (Å²) in [5, 5.41) is 4.29. The molecule has 1 fully saturated rings. The van der Waals surface area contributed by atoms with E-state index in [0.717, 1.165) is 44.0 Å². The number of methoxy groups -OCH3 is 1. The Labute approximate surface area is 133 Å². The van der Waals surface area contributed by atoms with Gasteiger partial charge in [0.15, 0.2) is 0 Å². The van der Waals surface area contributed by atoms with Gasteiger partial charge in [0.25, 0.3) is 0 Å². The van der Waals surface area contributed by atoms with Crippen molar-refractivity contribution >= 4 is 17.3 Å². The summed E-state index contributed by atoms with van der Waals surface area (Å²) in [5.74, 6) is 0.618. The number of nitrogens with zero attached hydrogens (tertiary/aromatic N) is 1. The van der Waals surface area contributed by atoms with Crippen LogP contribution in [0.5, 0.6) is 0 Å². The van der Waals surface area contributed by atoms with E-state index in [1.165, 1.54) is 11.3 Å². The third-order valence-electron chi connectivity index (χ3n) is 4.32. The Kier molecular flexibility index (Phi) is 6.34. The molecule has 1 N–H and O–H groups in total. The van der Waals surface area contributed by atoms with E-state index in [9.17, 15) is 0 Å². The molecule has 2 rings (SSSR count). The molecule has 0 saturated carbocycles. The normalized spacial score (nSPS) is 22.6. The molecule has 0 radical (unpaired) electrons. The summed E-state index contributed by atoms with van der Waals surface area (Å²) in [6.07, 6.45) is 2.61. The van der Waals surface area contributed by atoms with Crippen molar-refractivity contribution < 1.29 is 4.74 Å². The predicted octanol–water partition coefficient (Wildman–Crippen LogP) is 3.70. The van der Waals surface area contributed by atoms with Gasteiger partial charge in [-0.2, -0.15) is 0 Å². The van der Waals surface area contributed by atoms with Gasteiger partial charge in [0, 0.05) is 37.5 Å². The van der Waals surface area contributed by atoms with Gasteiger partial charge in [0.1, 0.15) is 0 Å². The molecule has 21 heavy (non-hydrogen) atoms.